The molecule has 1 aromatic heterocycles. The van der Waals surface area contributed by atoms with E-state index in [1.54, 1.807) is 0 Å². The molecule has 0 unspecified atom stereocenters. The van der Waals surface area contributed by atoms with E-state index in [4.69, 9.17) is 0 Å². The van der Waals surface area contributed by atoms with Crippen molar-refractivity contribution in [3.05, 3.63) is 63.9 Å². The third-order valence-electron chi connectivity index (χ3n) is 3.12. The van der Waals surface area contributed by atoms with E-state index in [0.29, 0.717) is 0 Å². The number of hydrogen-bond donors (Lipinski definition) is 0. The zero-order chi connectivity index (χ0) is 11.7. The molecule has 0 saturated heterocycles. The van der Waals surface area contributed by atoms with Crippen LogP contribution < -0.4 is 0 Å². The van der Waals surface area contributed by atoms with Crippen molar-refractivity contribution in [3.63, 3.8) is 0 Å². The molecule has 0 bridgehead atoms. The maximum Gasteiger partial charge on any atom is 0.0273 e. The Morgan fingerprint density at radius 1 is 1.06 bits per heavy atom. The van der Waals surface area contributed by atoms with Gasteiger partial charge in [-0.25, -0.2) is 0 Å². The summed E-state index contributed by atoms with van der Waals surface area (Å²) >= 11 is 3.52. The zero-order valence-corrected chi connectivity index (χ0v) is 12.2. The van der Waals surface area contributed by atoms with Crippen LogP contribution in [0.2, 0.25) is 0 Å². The summed E-state index contributed by atoms with van der Waals surface area (Å²) in [5.41, 5.74) is 5.49. The molecule has 92 valence electrons. The molecule has 0 spiro atoms. The normalized spacial score (nSPS) is 15.3. The SMILES string of the molecule is Brc1ccc2c(c1)CCC2=Cc1ccncc1.Cl. The number of fused-ring (bicyclic) bond motifs is 1. The predicted molar refractivity (Wildman–Crippen MR) is 81.8 cm³/mol. The van der Waals surface area contributed by atoms with Gasteiger partial charge in [-0.2, -0.15) is 0 Å². The van der Waals surface area contributed by atoms with E-state index in [2.05, 4.69) is 45.2 Å². The second kappa shape index (κ2) is 5.68. The number of rotatable bonds is 1. The molecule has 0 aliphatic heterocycles. The van der Waals surface area contributed by atoms with Crippen molar-refractivity contribution in [2.75, 3.05) is 0 Å². The van der Waals surface area contributed by atoms with Crippen molar-refractivity contribution in [2.45, 2.75) is 12.8 Å². The fourth-order valence-corrected chi connectivity index (χ4v) is 2.71. The van der Waals surface area contributed by atoms with E-state index in [-0.39, 0.29) is 12.4 Å². The molecule has 1 aliphatic carbocycles. The first-order chi connectivity index (χ1) is 8.33. The molecule has 1 aliphatic rings. The van der Waals surface area contributed by atoms with Crippen molar-refractivity contribution in [2.24, 2.45) is 0 Å². The Hall–Kier alpha value is -1.12. The summed E-state index contributed by atoms with van der Waals surface area (Å²) in [6.45, 7) is 0. The average Bonchev–Trinajstić information content (AvgIpc) is 2.73. The predicted octanol–water partition coefficient (Wildman–Crippen LogP) is 4.75. The van der Waals surface area contributed by atoms with Crippen LogP contribution in [0.3, 0.4) is 0 Å². The number of allylic oxidation sites excluding steroid dienone is 1. The van der Waals surface area contributed by atoms with E-state index in [9.17, 15) is 0 Å². The number of nitrogens with zero attached hydrogens (tertiary/aromatic N) is 1. The van der Waals surface area contributed by atoms with E-state index < -0.39 is 0 Å². The summed E-state index contributed by atoms with van der Waals surface area (Å²) in [6.07, 6.45) is 8.22. The third kappa shape index (κ3) is 2.65. The van der Waals surface area contributed by atoms with Crippen LogP contribution >= 0.6 is 28.3 Å². The van der Waals surface area contributed by atoms with Crippen LogP contribution in [-0.4, -0.2) is 4.98 Å². The number of aromatic nitrogens is 1. The van der Waals surface area contributed by atoms with Gasteiger partial charge >= 0.3 is 0 Å². The standard InChI is InChI=1S/C15H12BrN.ClH/c16-14-3-4-15-12(1-2-13(15)10-14)9-11-5-7-17-8-6-11;/h3-10H,1-2H2;1H. The van der Waals surface area contributed by atoms with Crippen molar-refractivity contribution in [3.8, 4) is 0 Å². The smallest absolute Gasteiger partial charge is 0.0273 e. The lowest BCUT2D eigenvalue weighted by atomic mass is 10.1. The molecule has 1 nitrogen and oxygen atoms in total. The highest BCUT2D eigenvalue weighted by Crippen LogP contribution is 2.34. The van der Waals surface area contributed by atoms with Crippen molar-refractivity contribution in [1.29, 1.82) is 0 Å². The third-order valence-corrected chi connectivity index (χ3v) is 3.62. The second-order valence-electron chi connectivity index (χ2n) is 4.25. The minimum Gasteiger partial charge on any atom is -0.265 e. The molecule has 0 radical (unpaired) electrons. The highest BCUT2D eigenvalue weighted by molar-refractivity contribution is 9.10. The van der Waals surface area contributed by atoms with E-state index in [0.717, 1.165) is 12.8 Å². The van der Waals surface area contributed by atoms with Gasteiger partial charge in [0.1, 0.15) is 0 Å². The molecule has 2 aromatic rings. The molecular formula is C15H13BrClN. The first-order valence-electron chi connectivity index (χ1n) is 5.72. The van der Waals surface area contributed by atoms with Gasteiger partial charge in [0, 0.05) is 16.9 Å². The van der Waals surface area contributed by atoms with Gasteiger partial charge < -0.3 is 0 Å². The quantitative estimate of drug-likeness (QED) is 0.738. The van der Waals surface area contributed by atoms with Gasteiger partial charge in [0.15, 0.2) is 0 Å². The minimum atomic E-state index is 0. The summed E-state index contributed by atoms with van der Waals surface area (Å²) in [5, 5.41) is 0. The van der Waals surface area contributed by atoms with Crippen LogP contribution in [0.4, 0.5) is 0 Å². The molecule has 1 heterocycles. The van der Waals surface area contributed by atoms with Gasteiger partial charge in [-0.1, -0.05) is 28.1 Å². The first-order valence-corrected chi connectivity index (χ1v) is 6.51. The van der Waals surface area contributed by atoms with Gasteiger partial charge in [0.2, 0.25) is 0 Å². The van der Waals surface area contributed by atoms with E-state index in [1.165, 1.54) is 26.7 Å². The molecule has 0 atom stereocenters. The Morgan fingerprint density at radius 3 is 2.61 bits per heavy atom. The summed E-state index contributed by atoms with van der Waals surface area (Å²) in [4.78, 5) is 4.04. The Kier molecular flexibility index (Phi) is 4.20. The Labute approximate surface area is 121 Å². The van der Waals surface area contributed by atoms with Gasteiger partial charge in [-0.05, 0) is 59.4 Å². The monoisotopic (exact) mass is 321 g/mol. The van der Waals surface area contributed by atoms with Crippen LogP contribution in [0, 0.1) is 0 Å². The molecular weight excluding hydrogens is 310 g/mol. The molecule has 3 rings (SSSR count). The highest BCUT2D eigenvalue weighted by Gasteiger charge is 2.15. The Bertz CT molecular complexity index is 578. The lowest BCUT2D eigenvalue weighted by Crippen LogP contribution is -1.81. The van der Waals surface area contributed by atoms with Crippen molar-refractivity contribution in [1.82, 2.24) is 4.98 Å². The fourth-order valence-electron chi connectivity index (χ4n) is 2.30. The molecule has 1 aromatic carbocycles. The number of benzene rings is 1. The van der Waals surface area contributed by atoms with E-state index in [1.807, 2.05) is 24.5 Å². The fraction of sp³-hybridized carbons (Fsp3) is 0.133. The number of hydrogen-bond acceptors (Lipinski definition) is 1. The van der Waals surface area contributed by atoms with Crippen LogP contribution in [0.5, 0.6) is 0 Å². The second-order valence-corrected chi connectivity index (χ2v) is 5.17. The van der Waals surface area contributed by atoms with Gasteiger partial charge in [-0.15, -0.1) is 12.4 Å². The van der Waals surface area contributed by atoms with E-state index >= 15 is 0 Å². The lowest BCUT2D eigenvalue weighted by Gasteiger charge is -2.02. The van der Waals surface area contributed by atoms with Gasteiger partial charge in [0.25, 0.3) is 0 Å². The van der Waals surface area contributed by atoms with Crippen molar-refractivity contribution < 1.29 is 0 Å². The van der Waals surface area contributed by atoms with Gasteiger partial charge in [-0.3, -0.25) is 4.98 Å². The molecule has 0 N–H and O–H groups in total. The van der Waals surface area contributed by atoms with Crippen LogP contribution in [-0.2, 0) is 6.42 Å². The molecule has 0 amide bonds. The van der Waals surface area contributed by atoms with Crippen LogP contribution in [0.25, 0.3) is 11.6 Å². The summed E-state index contributed by atoms with van der Waals surface area (Å²) in [6, 6.07) is 10.6. The number of halogens is 2. The topological polar surface area (TPSA) is 12.9 Å². The summed E-state index contributed by atoms with van der Waals surface area (Å²) in [5.74, 6) is 0. The summed E-state index contributed by atoms with van der Waals surface area (Å²) < 4.78 is 1.17. The largest absolute Gasteiger partial charge is 0.265 e. The Morgan fingerprint density at radius 2 is 1.83 bits per heavy atom. The lowest BCUT2D eigenvalue weighted by molar-refractivity contribution is 1.08. The molecule has 3 heteroatoms. The zero-order valence-electron chi connectivity index (χ0n) is 9.77. The number of pyridine rings is 1. The maximum atomic E-state index is 4.04. The number of aryl methyl sites for hydroxylation is 1. The highest BCUT2D eigenvalue weighted by atomic mass is 79.9. The summed E-state index contributed by atoms with van der Waals surface area (Å²) in [7, 11) is 0. The Balaban J connectivity index is 0.00000120. The van der Waals surface area contributed by atoms with Crippen LogP contribution in [0.1, 0.15) is 23.1 Å². The van der Waals surface area contributed by atoms with Gasteiger partial charge in [0.05, 0.1) is 0 Å². The average molecular weight is 323 g/mol. The molecule has 0 saturated carbocycles. The van der Waals surface area contributed by atoms with Crippen molar-refractivity contribution >= 4 is 40.0 Å². The molecule has 0 fully saturated rings. The maximum absolute atomic E-state index is 4.04. The van der Waals surface area contributed by atoms with Crippen LogP contribution in [0.15, 0.2) is 47.2 Å². The minimum absolute atomic E-state index is 0. The first kappa shape index (κ1) is 13.3. The molecule has 18 heavy (non-hydrogen) atoms.